The molecule has 1 amide bonds. The van der Waals surface area contributed by atoms with Crippen molar-refractivity contribution in [2.24, 2.45) is 0 Å². The summed E-state index contributed by atoms with van der Waals surface area (Å²) >= 11 is 11.8. The Kier molecular flexibility index (Phi) is 7.19. The summed E-state index contributed by atoms with van der Waals surface area (Å²) in [6, 6.07) is 8.14. The molecule has 2 rings (SSSR count). The number of benzene rings is 2. The first-order valence-corrected chi connectivity index (χ1v) is 10.0. The van der Waals surface area contributed by atoms with E-state index in [4.69, 9.17) is 23.2 Å². The quantitative estimate of drug-likeness (QED) is 0.623. The molecular weight excluding hydrogens is 418 g/mol. The van der Waals surface area contributed by atoms with Gasteiger partial charge < -0.3 is 10.4 Å². The van der Waals surface area contributed by atoms with Crippen LogP contribution in [0.3, 0.4) is 0 Å². The molecule has 0 bridgehead atoms. The Bertz CT molecular complexity index is 940. The molecule has 0 saturated carbocycles. The van der Waals surface area contributed by atoms with Crippen LogP contribution >= 0.6 is 23.2 Å². The summed E-state index contributed by atoms with van der Waals surface area (Å²) < 4.78 is 40.1. The van der Waals surface area contributed by atoms with E-state index in [1.165, 1.54) is 31.2 Å². The molecule has 27 heavy (non-hydrogen) atoms. The van der Waals surface area contributed by atoms with Gasteiger partial charge in [0.1, 0.15) is 10.7 Å². The van der Waals surface area contributed by atoms with Crippen LogP contribution in [0.25, 0.3) is 0 Å². The number of aliphatic hydroxyl groups is 1. The van der Waals surface area contributed by atoms with Crippen molar-refractivity contribution in [3.63, 3.8) is 0 Å². The number of sulfonamides is 1. The minimum absolute atomic E-state index is 0.202. The predicted molar refractivity (Wildman–Crippen MR) is 101 cm³/mol. The van der Waals surface area contributed by atoms with Crippen molar-refractivity contribution < 1.29 is 22.7 Å². The lowest BCUT2D eigenvalue weighted by molar-refractivity contribution is -0.122. The van der Waals surface area contributed by atoms with Gasteiger partial charge in [0, 0.05) is 22.2 Å². The number of rotatable bonds is 7. The van der Waals surface area contributed by atoms with E-state index in [0.29, 0.717) is 10.6 Å². The number of hydrogen-bond donors (Lipinski definition) is 3. The number of hydrogen-bond acceptors (Lipinski definition) is 4. The van der Waals surface area contributed by atoms with Crippen molar-refractivity contribution in [2.75, 3.05) is 6.54 Å². The third-order valence-electron chi connectivity index (χ3n) is 3.64. The molecule has 0 fully saturated rings. The molecule has 2 aromatic carbocycles. The van der Waals surface area contributed by atoms with Crippen LogP contribution in [0.15, 0.2) is 47.4 Å². The molecule has 0 aliphatic rings. The number of aliphatic hydroxyl groups excluding tert-OH is 1. The average molecular weight is 435 g/mol. The van der Waals surface area contributed by atoms with Crippen LogP contribution in [0.2, 0.25) is 10.0 Å². The Balaban J connectivity index is 1.98. The Labute approximate surface area is 166 Å². The van der Waals surface area contributed by atoms with E-state index in [0.717, 1.165) is 12.1 Å². The molecule has 3 N–H and O–H groups in total. The molecule has 0 aromatic heterocycles. The topological polar surface area (TPSA) is 95.5 Å². The van der Waals surface area contributed by atoms with E-state index in [2.05, 4.69) is 10.0 Å². The van der Waals surface area contributed by atoms with Crippen LogP contribution in [-0.4, -0.2) is 32.0 Å². The lowest BCUT2D eigenvalue weighted by atomic mass is 10.1. The van der Waals surface area contributed by atoms with Gasteiger partial charge in [0.15, 0.2) is 0 Å². The highest BCUT2D eigenvalue weighted by molar-refractivity contribution is 7.89. The second kappa shape index (κ2) is 8.99. The fraction of sp³-hybridized carbons (Fsp3) is 0.235. The maximum Gasteiger partial charge on any atom is 0.244 e. The van der Waals surface area contributed by atoms with Crippen molar-refractivity contribution in [1.82, 2.24) is 10.0 Å². The van der Waals surface area contributed by atoms with Gasteiger partial charge in [0.25, 0.3) is 0 Å². The van der Waals surface area contributed by atoms with Crippen LogP contribution in [0.5, 0.6) is 0 Å². The monoisotopic (exact) mass is 434 g/mol. The summed E-state index contributed by atoms with van der Waals surface area (Å²) in [4.78, 5) is 11.6. The van der Waals surface area contributed by atoms with E-state index in [9.17, 15) is 22.7 Å². The molecular formula is C17H17Cl2FN2O4S. The standard InChI is InChI=1S/C17H17Cl2FN2O4S/c1-10(22-27(25,26)16-5-3-2-4-14(16)20)17(24)21-9-15(23)12-7-6-11(18)8-13(12)19/h2-8,10,15,22-23H,9H2,1H3,(H,21,24)/t10-,15?/m0/s1. The van der Waals surface area contributed by atoms with Crippen molar-refractivity contribution in [3.05, 3.63) is 63.9 Å². The molecule has 146 valence electrons. The van der Waals surface area contributed by atoms with Crippen molar-refractivity contribution in [3.8, 4) is 0 Å². The molecule has 0 saturated heterocycles. The molecule has 10 heteroatoms. The Morgan fingerprint density at radius 2 is 1.89 bits per heavy atom. The van der Waals surface area contributed by atoms with Crippen molar-refractivity contribution in [1.29, 1.82) is 0 Å². The van der Waals surface area contributed by atoms with Gasteiger partial charge >= 0.3 is 0 Å². The van der Waals surface area contributed by atoms with E-state index < -0.39 is 38.8 Å². The Morgan fingerprint density at radius 1 is 1.22 bits per heavy atom. The third-order valence-corrected chi connectivity index (χ3v) is 5.78. The lowest BCUT2D eigenvalue weighted by Gasteiger charge is -2.17. The number of halogens is 3. The Hall–Kier alpha value is -1.71. The molecule has 6 nitrogen and oxygen atoms in total. The molecule has 2 atom stereocenters. The van der Waals surface area contributed by atoms with Crippen LogP contribution in [0, 0.1) is 5.82 Å². The van der Waals surface area contributed by atoms with Crippen LogP contribution in [0.4, 0.5) is 4.39 Å². The van der Waals surface area contributed by atoms with Gasteiger partial charge in [-0.2, -0.15) is 4.72 Å². The second-order valence-electron chi connectivity index (χ2n) is 5.70. The summed E-state index contributed by atoms with van der Waals surface area (Å²) in [5, 5.41) is 13.2. The highest BCUT2D eigenvalue weighted by atomic mass is 35.5. The molecule has 0 spiro atoms. The average Bonchev–Trinajstić information content (AvgIpc) is 2.59. The van der Waals surface area contributed by atoms with Gasteiger partial charge in [-0.25, -0.2) is 12.8 Å². The number of carbonyl (C=O) groups excluding carboxylic acids is 1. The van der Waals surface area contributed by atoms with Gasteiger partial charge in [0.2, 0.25) is 15.9 Å². The van der Waals surface area contributed by atoms with Gasteiger partial charge in [-0.15, -0.1) is 0 Å². The van der Waals surface area contributed by atoms with E-state index in [1.807, 2.05) is 0 Å². The van der Waals surface area contributed by atoms with E-state index >= 15 is 0 Å². The molecule has 1 unspecified atom stereocenters. The largest absolute Gasteiger partial charge is 0.387 e. The summed E-state index contributed by atoms with van der Waals surface area (Å²) in [6.07, 6.45) is -1.12. The van der Waals surface area contributed by atoms with Crippen LogP contribution in [0.1, 0.15) is 18.6 Å². The summed E-state index contributed by atoms with van der Waals surface area (Å²) in [5.41, 5.74) is 0.362. The fourth-order valence-corrected chi connectivity index (χ4v) is 4.06. The predicted octanol–water partition coefficient (Wildman–Crippen LogP) is 2.65. The van der Waals surface area contributed by atoms with Gasteiger partial charge in [0.05, 0.1) is 12.1 Å². The van der Waals surface area contributed by atoms with Gasteiger partial charge in [-0.05, 0) is 31.2 Å². The fourth-order valence-electron chi connectivity index (χ4n) is 2.24. The minimum atomic E-state index is -4.22. The molecule has 2 aromatic rings. The highest BCUT2D eigenvalue weighted by Crippen LogP contribution is 2.25. The van der Waals surface area contributed by atoms with E-state index in [-0.39, 0.29) is 11.6 Å². The first-order valence-electron chi connectivity index (χ1n) is 7.79. The first kappa shape index (κ1) is 21.6. The lowest BCUT2D eigenvalue weighted by Crippen LogP contribution is -2.45. The van der Waals surface area contributed by atoms with Gasteiger partial charge in [-0.3, -0.25) is 4.79 Å². The molecule has 0 aliphatic carbocycles. The second-order valence-corrected chi connectivity index (χ2v) is 8.23. The first-order chi connectivity index (χ1) is 12.6. The zero-order valence-corrected chi connectivity index (χ0v) is 16.4. The van der Waals surface area contributed by atoms with Crippen LogP contribution < -0.4 is 10.0 Å². The molecule has 0 radical (unpaired) electrons. The molecule has 0 heterocycles. The highest BCUT2D eigenvalue weighted by Gasteiger charge is 2.25. The van der Waals surface area contributed by atoms with E-state index in [1.54, 1.807) is 6.07 Å². The van der Waals surface area contributed by atoms with Crippen molar-refractivity contribution >= 4 is 39.1 Å². The number of nitrogens with one attached hydrogen (secondary N) is 2. The summed E-state index contributed by atoms with van der Waals surface area (Å²) in [6.45, 7) is 1.10. The number of amides is 1. The maximum atomic E-state index is 13.7. The van der Waals surface area contributed by atoms with Crippen molar-refractivity contribution in [2.45, 2.75) is 24.0 Å². The zero-order chi connectivity index (χ0) is 20.2. The number of carbonyl (C=O) groups is 1. The third kappa shape index (κ3) is 5.63. The normalized spacial score (nSPS) is 13.8. The Morgan fingerprint density at radius 3 is 2.52 bits per heavy atom. The smallest absolute Gasteiger partial charge is 0.244 e. The SMILES string of the molecule is C[C@H](NS(=O)(=O)c1ccccc1F)C(=O)NCC(O)c1ccc(Cl)cc1Cl. The molecule has 0 aliphatic heterocycles. The summed E-state index contributed by atoms with van der Waals surface area (Å²) in [7, 11) is -4.22. The zero-order valence-electron chi connectivity index (χ0n) is 14.1. The van der Waals surface area contributed by atoms with Crippen LogP contribution in [-0.2, 0) is 14.8 Å². The maximum absolute atomic E-state index is 13.7. The van der Waals surface area contributed by atoms with Gasteiger partial charge in [-0.1, -0.05) is 41.4 Å². The summed E-state index contributed by atoms with van der Waals surface area (Å²) in [5.74, 6) is -1.62. The minimum Gasteiger partial charge on any atom is -0.387 e.